The van der Waals surface area contributed by atoms with Crippen molar-refractivity contribution in [2.45, 2.75) is 0 Å². The lowest BCUT2D eigenvalue weighted by atomic mass is 10.0. The van der Waals surface area contributed by atoms with Gasteiger partial charge in [-0.25, -0.2) is 9.78 Å². The highest BCUT2D eigenvalue weighted by atomic mass is 16.6. The number of pyridine rings is 1. The van der Waals surface area contributed by atoms with E-state index in [1.807, 2.05) is 6.07 Å². The maximum absolute atomic E-state index is 11.5. The summed E-state index contributed by atoms with van der Waals surface area (Å²) < 4.78 is 10.3. The van der Waals surface area contributed by atoms with Crippen LogP contribution in [0.15, 0.2) is 54.7 Å². The largest absolute Gasteiger partial charge is 0.493 e. The van der Waals surface area contributed by atoms with Crippen LogP contribution in [-0.4, -0.2) is 35.0 Å². The Morgan fingerprint density at radius 3 is 2.43 bits per heavy atom. The Morgan fingerprint density at radius 2 is 1.79 bits per heavy atom. The standard InChI is InChI=1S/C20H19N3O5/c1-27-17-7-4-13(9-18(17)28-19(25)11-24)14-8-16(20(21)22-10-14)12-2-5-15(23-26)6-3-12/h2-10,23-24,26H,11H2,1H3,(H2,21,22). The van der Waals surface area contributed by atoms with Crippen molar-refractivity contribution in [2.24, 2.45) is 0 Å². The molecule has 0 bridgehead atoms. The molecule has 28 heavy (non-hydrogen) atoms. The molecule has 0 saturated heterocycles. The number of anilines is 2. The highest BCUT2D eigenvalue weighted by molar-refractivity contribution is 5.81. The van der Waals surface area contributed by atoms with Gasteiger partial charge in [-0.2, -0.15) is 0 Å². The van der Waals surface area contributed by atoms with Crippen molar-refractivity contribution < 1.29 is 24.6 Å². The summed E-state index contributed by atoms with van der Waals surface area (Å²) in [5.41, 5.74) is 11.7. The van der Waals surface area contributed by atoms with E-state index in [2.05, 4.69) is 10.5 Å². The van der Waals surface area contributed by atoms with E-state index in [1.165, 1.54) is 7.11 Å². The molecule has 0 amide bonds. The van der Waals surface area contributed by atoms with E-state index in [0.29, 0.717) is 22.8 Å². The maximum Gasteiger partial charge on any atom is 0.337 e. The average molecular weight is 381 g/mol. The normalized spacial score (nSPS) is 10.4. The fourth-order valence-corrected chi connectivity index (χ4v) is 2.68. The van der Waals surface area contributed by atoms with Crippen molar-refractivity contribution in [1.29, 1.82) is 0 Å². The third-order valence-electron chi connectivity index (χ3n) is 4.09. The van der Waals surface area contributed by atoms with E-state index in [4.69, 9.17) is 25.5 Å². The number of methoxy groups -OCH3 is 1. The van der Waals surface area contributed by atoms with E-state index in [1.54, 1.807) is 48.7 Å². The van der Waals surface area contributed by atoms with Crippen LogP contribution in [0, 0.1) is 0 Å². The summed E-state index contributed by atoms with van der Waals surface area (Å²) >= 11 is 0. The fourth-order valence-electron chi connectivity index (χ4n) is 2.68. The molecule has 144 valence electrons. The second-order valence-electron chi connectivity index (χ2n) is 5.84. The molecular weight excluding hydrogens is 362 g/mol. The number of rotatable bonds is 6. The Kier molecular flexibility index (Phi) is 5.73. The van der Waals surface area contributed by atoms with Gasteiger partial charge in [0.05, 0.1) is 12.8 Å². The quantitative estimate of drug-likeness (QED) is 0.292. The minimum Gasteiger partial charge on any atom is -0.493 e. The zero-order valence-electron chi connectivity index (χ0n) is 15.0. The second-order valence-corrected chi connectivity index (χ2v) is 5.84. The van der Waals surface area contributed by atoms with Gasteiger partial charge in [-0.05, 0) is 41.5 Å². The monoisotopic (exact) mass is 381 g/mol. The number of aliphatic hydroxyl groups excluding tert-OH is 1. The van der Waals surface area contributed by atoms with Crippen molar-refractivity contribution in [1.82, 2.24) is 4.98 Å². The van der Waals surface area contributed by atoms with E-state index in [9.17, 15) is 4.79 Å². The average Bonchev–Trinajstić information content (AvgIpc) is 2.74. The molecule has 5 N–H and O–H groups in total. The summed E-state index contributed by atoms with van der Waals surface area (Å²) in [5.74, 6) is 0.120. The highest BCUT2D eigenvalue weighted by Crippen LogP contribution is 2.35. The zero-order chi connectivity index (χ0) is 20.1. The van der Waals surface area contributed by atoms with Crippen LogP contribution >= 0.6 is 0 Å². The molecule has 0 aliphatic carbocycles. The molecule has 1 heterocycles. The highest BCUT2D eigenvalue weighted by Gasteiger charge is 2.13. The summed E-state index contributed by atoms with van der Waals surface area (Å²) in [6.45, 7) is -0.736. The maximum atomic E-state index is 11.5. The summed E-state index contributed by atoms with van der Waals surface area (Å²) in [4.78, 5) is 15.7. The van der Waals surface area contributed by atoms with Gasteiger partial charge in [0.1, 0.15) is 12.4 Å². The number of nitrogens with zero attached hydrogens (tertiary/aromatic N) is 1. The van der Waals surface area contributed by atoms with Crippen LogP contribution < -0.4 is 20.7 Å². The number of nitrogen functional groups attached to an aromatic ring is 1. The van der Waals surface area contributed by atoms with Crippen LogP contribution in [0.25, 0.3) is 22.3 Å². The Labute approximate surface area is 161 Å². The van der Waals surface area contributed by atoms with Crippen molar-refractivity contribution in [3.05, 3.63) is 54.7 Å². The predicted octanol–water partition coefficient (Wildman–Crippen LogP) is 2.71. The van der Waals surface area contributed by atoms with Crippen molar-refractivity contribution in [3.63, 3.8) is 0 Å². The van der Waals surface area contributed by atoms with E-state index >= 15 is 0 Å². The Balaban J connectivity index is 2.01. The van der Waals surface area contributed by atoms with Crippen LogP contribution in [0.1, 0.15) is 0 Å². The molecule has 0 unspecified atom stereocenters. The lowest BCUT2D eigenvalue weighted by Gasteiger charge is -2.12. The first-order valence-electron chi connectivity index (χ1n) is 8.31. The minimum absolute atomic E-state index is 0.191. The zero-order valence-corrected chi connectivity index (χ0v) is 15.0. The van der Waals surface area contributed by atoms with Crippen molar-refractivity contribution >= 4 is 17.5 Å². The van der Waals surface area contributed by atoms with Crippen LogP contribution in [0.4, 0.5) is 11.5 Å². The third-order valence-corrected chi connectivity index (χ3v) is 4.09. The van der Waals surface area contributed by atoms with Gasteiger partial charge in [0.15, 0.2) is 11.5 Å². The molecule has 3 aromatic rings. The minimum atomic E-state index is -0.788. The number of carbonyl (C=O) groups is 1. The molecule has 0 spiro atoms. The van der Waals surface area contributed by atoms with Crippen LogP contribution in [-0.2, 0) is 4.79 Å². The number of nitrogens with one attached hydrogen (secondary N) is 1. The number of benzene rings is 2. The SMILES string of the molecule is COc1ccc(-c2cnc(N)c(-c3ccc(NO)cc3)c2)cc1OC(=O)CO. The molecule has 0 saturated carbocycles. The van der Waals surface area contributed by atoms with Gasteiger partial charge < -0.3 is 20.3 Å². The molecular formula is C20H19N3O5. The molecule has 0 fully saturated rings. The molecule has 2 aromatic carbocycles. The van der Waals surface area contributed by atoms with Gasteiger partial charge in [-0.15, -0.1) is 0 Å². The van der Waals surface area contributed by atoms with Gasteiger partial charge in [-0.1, -0.05) is 18.2 Å². The fraction of sp³-hybridized carbons (Fsp3) is 0.100. The van der Waals surface area contributed by atoms with Gasteiger partial charge in [0.2, 0.25) is 0 Å². The first kappa shape index (κ1) is 19.2. The van der Waals surface area contributed by atoms with Gasteiger partial charge in [0.25, 0.3) is 0 Å². The number of ether oxygens (including phenoxy) is 2. The number of hydrogen-bond donors (Lipinski definition) is 4. The number of hydrogen-bond acceptors (Lipinski definition) is 8. The number of esters is 1. The lowest BCUT2D eigenvalue weighted by molar-refractivity contribution is -0.137. The summed E-state index contributed by atoms with van der Waals surface area (Å²) in [6, 6.07) is 14.0. The molecule has 8 nitrogen and oxygen atoms in total. The number of nitrogens with two attached hydrogens (primary N) is 1. The van der Waals surface area contributed by atoms with Gasteiger partial charge >= 0.3 is 5.97 Å². The Hall–Kier alpha value is -3.62. The molecule has 0 aliphatic heterocycles. The molecule has 0 aliphatic rings. The summed E-state index contributed by atoms with van der Waals surface area (Å²) in [7, 11) is 1.46. The molecule has 0 radical (unpaired) electrons. The van der Waals surface area contributed by atoms with Crippen LogP contribution in [0.2, 0.25) is 0 Å². The topological polar surface area (TPSA) is 127 Å². The predicted molar refractivity (Wildman–Crippen MR) is 104 cm³/mol. The smallest absolute Gasteiger partial charge is 0.337 e. The summed E-state index contributed by atoms with van der Waals surface area (Å²) in [5, 5.41) is 17.9. The molecule has 3 rings (SSSR count). The van der Waals surface area contributed by atoms with Crippen LogP contribution in [0.3, 0.4) is 0 Å². The Morgan fingerprint density at radius 1 is 1.07 bits per heavy atom. The van der Waals surface area contributed by atoms with Gasteiger partial charge in [0, 0.05) is 17.3 Å². The van der Waals surface area contributed by atoms with E-state index < -0.39 is 12.6 Å². The van der Waals surface area contributed by atoms with E-state index in [-0.39, 0.29) is 5.75 Å². The number of aromatic nitrogens is 1. The molecule has 8 heteroatoms. The first-order valence-corrected chi connectivity index (χ1v) is 8.31. The summed E-state index contributed by atoms with van der Waals surface area (Å²) in [6.07, 6.45) is 1.61. The molecule has 0 atom stereocenters. The van der Waals surface area contributed by atoms with Crippen molar-refractivity contribution in [3.8, 4) is 33.8 Å². The molecule has 1 aromatic heterocycles. The lowest BCUT2D eigenvalue weighted by Crippen LogP contribution is -2.12. The van der Waals surface area contributed by atoms with Crippen LogP contribution in [0.5, 0.6) is 11.5 Å². The van der Waals surface area contributed by atoms with Gasteiger partial charge in [-0.3, -0.25) is 10.7 Å². The Bertz CT molecular complexity index is 990. The number of aliphatic hydroxyl groups is 1. The number of carbonyl (C=O) groups excluding carboxylic acids is 1. The van der Waals surface area contributed by atoms with E-state index in [0.717, 1.165) is 16.7 Å². The second kappa shape index (κ2) is 8.38. The first-order chi connectivity index (χ1) is 13.5. The van der Waals surface area contributed by atoms with Crippen molar-refractivity contribution in [2.75, 3.05) is 24.9 Å². The third kappa shape index (κ3) is 4.03.